The molecule has 0 bridgehead atoms. The third-order valence-corrected chi connectivity index (χ3v) is 2.50. The van der Waals surface area contributed by atoms with Gasteiger partial charge in [0, 0.05) is 0 Å². The second kappa shape index (κ2) is 5.56. The molecule has 0 aromatic carbocycles. The van der Waals surface area contributed by atoms with Crippen molar-refractivity contribution in [1.29, 1.82) is 0 Å². The Kier molecular flexibility index (Phi) is 4.55. The first kappa shape index (κ1) is 9.01. The molecule has 0 amide bonds. The molecule has 0 unspecified atom stereocenters. The van der Waals surface area contributed by atoms with Crippen LogP contribution in [-0.2, 0) is 0 Å². The van der Waals surface area contributed by atoms with E-state index in [-0.39, 0.29) is 0 Å². The van der Waals surface area contributed by atoms with Gasteiger partial charge in [-0.3, -0.25) is 0 Å². The van der Waals surface area contributed by atoms with Crippen LogP contribution < -0.4 is 10.6 Å². The quantitative estimate of drug-likeness (QED) is 0.593. The fraction of sp³-hybridized carbons (Fsp3) is 1.00. The van der Waals surface area contributed by atoms with Crippen molar-refractivity contribution in [2.75, 3.05) is 26.7 Å². The Labute approximate surface area is 69.8 Å². The van der Waals surface area contributed by atoms with E-state index < -0.39 is 0 Å². The molecule has 1 saturated heterocycles. The third kappa shape index (κ3) is 3.73. The third-order valence-electron chi connectivity index (χ3n) is 2.50. The van der Waals surface area contributed by atoms with Crippen molar-refractivity contribution >= 4 is 0 Å². The van der Waals surface area contributed by atoms with Gasteiger partial charge in [0.1, 0.15) is 0 Å². The number of hydrogen-bond donors (Lipinski definition) is 2. The highest BCUT2D eigenvalue weighted by Crippen LogP contribution is 2.16. The summed E-state index contributed by atoms with van der Waals surface area (Å²) in [6, 6.07) is 0. The van der Waals surface area contributed by atoms with Crippen molar-refractivity contribution in [2.45, 2.75) is 25.7 Å². The van der Waals surface area contributed by atoms with E-state index in [1.165, 1.54) is 45.3 Å². The molecule has 0 aliphatic carbocycles. The summed E-state index contributed by atoms with van der Waals surface area (Å²) in [5.74, 6) is 1.00. The number of nitrogens with one attached hydrogen (secondary N) is 2. The minimum atomic E-state index is 1.00. The molecule has 1 heterocycles. The first-order valence-corrected chi connectivity index (χ1v) is 4.79. The molecule has 1 aliphatic heterocycles. The molecule has 2 heteroatoms. The van der Waals surface area contributed by atoms with Crippen LogP contribution in [0.5, 0.6) is 0 Å². The highest BCUT2D eigenvalue weighted by Gasteiger charge is 2.11. The Morgan fingerprint density at radius 2 is 2.09 bits per heavy atom. The van der Waals surface area contributed by atoms with Crippen LogP contribution in [0.3, 0.4) is 0 Å². The predicted octanol–water partition coefficient (Wildman–Crippen LogP) is 0.986. The fourth-order valence-corrected chi connectivity index (χ4v) is 1.74. The lowest BCUT2D eigenvalue weighted by molar-refractivity contribution is 0.346. The molecule has 1 rings (SSSR count). The molecule has 0 spiro atoms. The van der Waals surface area contributed by atoms with E-state index >= 15 is 0 Å². The second-order valence-electron chi connectivity index (χ2n) is 3.44. The number of hydrogen-bond acceptors (Lipinski definition) is 2. The van der Waals surface area contributed by atoms with E-state index in [2.05, 4.69) is 10.6 Å². The summed E-state index contributed by atoms with van der Waals surface area (Å²) < 4.78 is 0. The molecule has 0 atom stereocenters. The summed E-state index contributed by atoms with van der Waals surface area (Å²) in [6.45, 7) is 3.67. The van der Waals surface area contributed by atoms with Crippen LogP contribution in [0.4, 0.5) is 0 Å². The largest absolute Gasteiger partial charge is 0.320 e. The van der Waals surface area contributed by atoms with Gasteiger partial charge in [0.15, 0.2) is 0 Å². The Balaban J connectivity index is 1.96. The number of rotatable bonds is 4. The van der Waals surface area contributed by atoms with Gasteiger partial charge in [0.2, 0.25) is 0 Å². The Morgan fingerprint density at radius 1 is 1.36 bits per heavy atom. The molecule has 2 N–H and O–H groups in total. The van der Waals surface area contributed by atoms with E-state index in [9.17, 15) is 0 Å². The Bertz CT molecular complexity index is 87.6. The van der Waals surface area contributed by atoms with Crippen LogP contribution in [0.15, 0.2) is 0 Å². The van der Waals surface area contributed by atoms with E-state index in [0.29, 0.717) is 0 Å². The molecular formula is C9H20N2. The molecule has 1 aliphatic rings. The predicted molar refractivity (Wildman–Crippen MR) is 48.8 cm³/mol. The van der Waals surface area contributed by atoms with E-state index in [1.807, 2.05) is 7.05 Å². The van der Waals surface area contributed by atoms with Crippen molar-refractivity contribution in [1.82, 2.24) is 10.6 Å². The van der Waals surface area contributed by atoms with Gasteiger partial charge < -0.3 is 10.6 Å². The standard InChI is InChI=1S/C9H20N2/c1-10-6-2-3-9-4-7-11-8-5-9/h9-11H,2-8H2,1H3. The summed E-state index contributed by atoms with van der Waals surface area (Å²) in [7, 11) is 2.03. The molecule has 0 aromatic heterocycles. The lowest BCUT2D eigenvalue weighted by Crippen LogP contribution is -2.28. The van der Waals surface area contributed by atoms with Gasteiger partial charge in [-0.25, -0.2) is 0 Å². The average molecular weight is 156 g/mol. The zero-order valence-corrected chi connectivity index (χ0v) is 7.53. The van der Waals surface area contributed by atoms with Gasteiger partial charge >= 0.3 is 0 Å². The SMILES string of the molecule is CNCCCC1CCNCC1. The van der Waals surface area contributed by atoms with Crippen molar-refractivity contribution < 1.29 is 0 Å². The molecule has 2 nitrogen and oxygen atoms in total. The van der Waals surface area contributed by atoms with Crippen LogP contribution in [0.25, 0.3) is 0 Å². The molecule has 11 heavy (non-hydrogen) atoms. The van der Waals surface area contributed by atoms with Gasteiger partial charge in [0.25, 0.3) is 0 Å². The van der Waals surface area contributed by atoms with E-state index in [0.717, 1.165) is 5.92 Å². The molecule has 1 fully saturated rings. The Morgan fingerprint density at radius 3 is 2.73 bits per heavy atom. The maximum Gasteiger partial charge on any atom is -0.00463 e. The van der Waals surface area contributed by atoms with E-state index in [4.69, 9.17) is 0 Å². The van der Waals surface area contributed by atoms with Gasteiger partial charge in [-0.2, -0.15) is 0 Å². The van der Waals surface area contributed by atoms with Crippen LogP contribution in [0.2, 0.25) is 0 Å². The lowest BCUT2D eigenvalue weighted by Gasteiger charge is -2.22. The lowest BCUT2D eigenvalue weighted by atomic mass is 9.93. The summed E-state index contributed by atoms with van der Waals surface area (Å²) in [5, 5.41) is 6.58. The summed E-state index contributed by atoms with van der Waals surface area (Å²) in [5.41, 5.74) is 0. The highest BCUT2D eigenvalue weighted by molar-refractivity contribution is 4.68. The molecule has 0 saturated carbocycles. The molecule has 0 aromatic rings. The summed E-state index contributed by atoms with van der Waals surface area (Å²) in [6.07, 6.45) is 5.55. The van der Waals surface area contributed by atoms with Crippen LogP contribution in [0.1, 0.15) is 25.7 Å². The van der Waals surface area contributed by atoms with Gasteiger partial charge in [0.05, 0.1) is 0 Å². The fourth-order valence-electron chi connectivity index (χ4n) is 1.74. The maximum absolute atomic E-state index is 3.39. The topological polar surface area (TPSA) is 24.1 Å². The van der Waals surface area contributed by atoms with Gasteiger partial charge in [-0.05, 0) is 58.3 Å². The van der Waals surface area contributed by atoms with Crippen molar-refractivity contribution in [3.63, 3.8) is 0 Å². The monoisotopic (exact) mass is 156 g/mol. The first-order valence-electron chi connectivity index (χ1n) is 4.79. The van der Waals surface area contributed by atoms with Crippen LogP contribution in [-0.4, -0.2) is 26.7 Å². The summed E-state index contributed by atoms with van der Waals surface area (Å²) >= 11 is 0. The van der Waals surface area contributed by atoms with Crippen LogP contribution >= 0.6 is 0 Å². The zero-order chi connectivity index (χ0) is 7.94. The van der Waals surface area contributed by atoms with Gasteiger partial charge in [-0.1, -0.05) is 0 Å². The molecule has 0 radical (unpaired) electrons. The minimum Gasteiger partial charge on any atom is -0.320 e. The minimum absolute atomic E-state index is 1.00. The maximum atomic E-state index is 3.39. The van der Waals surface area contributed by atoms with Crippen LogP contribution in [0, 0.1) is 5.92 Å². The average Bonchev–Trinajstić information content (AvgIpc) is 2.07. The second-order valence-corrected chi connectivity index (χ2v) is 3.44. The normalized spacial score (nSPS) is 20.5. The molecular weight excluding hydrogens is 136 g/mol. The first-order chi connectivity index (χ1) is 5.43. The number of piperidine rings is 1. The van der Waals surface area contributed by atoms with E-state index in [1.54, 1.807) is 0 Å². The Hall–Kier alpha value is -0.0800. The smallest absolute Gasteiger partial charge is 0.00463 e. The van der Waals surface area contributed by atoms with Crippen molar-refractivity contribution in [3.05, 3.63) is 0 Å². The summed E-state index contributed by atoms with van der Waals surface area (Å²) in [4.78, 5) is 0. The highest BCUT2D eigenvalue weighted by atomic mass is 14.9. The molecule has 66 valence electrons. The van der Waals surface area contributed by atoms with Crippen molar-refractivity contribution in [2.24, 2.45) is 5.92 Å². The van der Waals surface area contributed by atoms with Gasteiger partial charge in [-0.15, -0.1) is 0 Å². The zero-order valence-electron chi connectivity index (χ0n) is 7.53. The van der Waals surface area contributed by atoms with Crippen molar-refractivity contribution in [3.8, 4) is 0 Å².